The summed E-state index contributed by atoms with van der Waals surface area (Å²) in [5.74, 6) is 0.0970. The topological polar surface area (TPSA) is 38.1 Å². The van der Waals surface area contributed by atoms with Crippen LogP contribution in [0.25, 0.3) is 11.0 Å². The second kappa shape index (κ2) is 7.74. The van der Waals surface area contributed by atoms with E-state index in [1.54, 1.807) is 18.5 Å². The molecule has 4 nitrogen and oxygen atoms in total. The summed E-state index contributed by atoms with van der Waals surface area (Å²) in [6.07, 6.45) is 3.51. The number of fused-ring (bicyclic) bond motifs is 1. The van der Waals surface area contributed by atoms with Crippen molar-refractivity contribution in [3.63, 3.8) is 0 Å². The number of carbonyl (C=O) groups is 1. The number of benzene rings is 2. The largest absolute Gasteiger partial charge is 0.342 e. The highest BCUT2D eigenvalue weighted by molar-refractivity contribution is 5.84. The average molecular weight is 379 g/mol. The molecule has 28 heavy (non-hydrogen) atoms. The number of halogens is 1. The van der Waals surface area contributed by atoms with Gasteiger partial charge >= 0.3 is 0 Å². The summed E-state index contributed by atoms with van der Waals surface area (Å²) >= 11 is 0. The number of hydrogen-bond donors (Lipinski definition) is 0. The number of imidazole rings is 1. The van der Waals surface area contributed by atoms with Crippen molar-refractivity contribution in [3.8, 4) is 0 Å². The Morgan fingerprint density at radius 3 is 2.50 bits per heavy atom. The van der Waals surface area contributed by atoms with E-state index in [0.717, 1.165) is 29.4 Å². The van der Waals surface area contributed by atoms with Crippen LogP contribution in [0.4, 0.5) is 4.39 Å². The summed E-state index contributed by atoms with van der Waals surface area (Å²) in [6, 6.07) is 15.0. The van der Waals surface area contributed by atoms with Crippen LogP contribution in [0.15, 0.2) is 54.9 Å². The fourth-order valence-electron chi connectivity index (χ4n) is 4.32. The molecule has 0 saturated carbocycles. The Morgan fingerprint density at radius 1 is 1.11 bits per heavy atom. The normalized spacial score (nSPS) is 16.6. The van der Waals surface area contributed by atoms with Gasteiger partial charge in [-0.05, 0) is 42.5 Å². The van der Waals surface area contributed by atoms with Crippen molar-refractivity contribution >= 4 is 16.9 Å². The van der Waals surface area contributed by atoms with E-state index in [-0.39, 0.29) is 29.6 Å². The van der Waals surface area contributed by atoms with Gasteiger partial charge in [-0.15, -0.1) is 0 Å². The van der Waals surface area contributed by atoms with Crippen molar-refractivity contribution in [1.29, 1.82) is 0 Å². The molecule has 0 N–H and O–H groups in total. The van der Waals surface area contributed by atoms with Gasteiger partial charge in [-0.2, -0.15) is 0 Å². The number of piperidine rings is 1. The summed E-state index contributed by atoms with van der Waals surface area (Å²) in [4.78, 5) is 19.6. The molecular weight excluding hydrogens is 353 g/mol. The average Bonchev–Trinajstić information content (AvgIpc) is 3.12. The van der Waals surface area contributed by atoms with Gasteiger partial charge in [-0.3, -0.25) is 4.79 Å². The Hall–Kier alpha value is -2.69. The van der Waals surface area contributed by atoms with E-state index in [1.165, 1.54) is 6.07 Å². The maximum atomic E-state index is 13.7. The molecule has 1 aliphatic rings. The third-order valence-corrected chi connectivity index (χ3v) is 5.80. The zero-order chi connectivity index (χ0) is 19.7. The van der Waals surface area contributed by atoms with Gasteiger partial charge in [0.1, 0.15) is 5.82 Å². The maximum Gasteiger partial charge on any atom is 0.230 e. The summed E-state index contributed by atoms with van der Waals surface area (Å²) in [5, 5.41) is 0. The molecule has 3 aromatic rings. The minimum absolute atomic E-state index is 0.110. The molecule has 2 aromatic carbocycles. The Kier molecular flexibility index (Phi) is 5.16. The molecule has 146 valence electrons. The van der Waals surface area contributed by atoms with Crippen molar-refractivity contribution in [1.82, 2.24) is 14.5 Å². The lowest BCUT2D eigenvalue weighted by Gasteiger charge is -2.36. The van der Waals surface area contributed by atoms with Crippen LogP contribution >= 0.6 is 0 Å². The van der Waals surface area contributed by atoms with Crippen LogP contribution in [-0.2, 0) is 4.79 Å². The van der Waals surface area contributed by atoms with E-state index in [2.05, 4.69) is 23.4 Å². The van der Waals surface area contributed by atoms with Crippen molar-refractivity contribution < 1.29 is 9.18 Å². The van der Waals surface area contributed by atoms with Gasteiger partial charge in [-0.25, -0.2) is 9.37 Å². The van der Waals surface area contributed by atoms with Gasteiger partial charge < -0.3 is 9.47 Å². The van der Waals surface area contributed by atoms with E-state index in [0.29, 0.717) is 13.1 Å². The lowest BCUT2D eigenvalue weighted by Crippen LogP contribution is -2.42. The minimum Gasteiger partial charge on any atom is -0.342 e. The molecule has 2 heterocycles. The zero-order valence-electron chi connectivity index (χ0n) is 16.4. The van der Waals surface area contributed by atoms with Crippen LogP contribution in [0.2, 0.25) is 0 Å². The predicted octanol–water partition coefficient (Wildman–Crippen LogP) is 4.78. The van der Waals surface area contributed by atoms with Crippen LogP contribution in [0.3, 0.4) is 0 Å². The smallest absolute Gasteiger partial charge is 0.230 e. The Labute approximate surface area is 165 Å². The molecule has 0 spiro atoms. The van der Waals surface area contributed by atoms with Gasteiger partial charge in [0, 0.05) is 19.1 Å². The molecule has 4 rings (SSSR count). The molecule has 1 amide bonds. The molecular formula is C23H26FN3O. The summed E-state index contributed by atoms with van der Waals surface area (Å²) in [7, 11) is 0. The Balaban J connectivity index is 1.48. The molecule has 5 heteroatoms. The SMILES string of the molecule is CC(C)[C@@H](C(=O)N1CCC(n2cnc3ccc(F)cc32)CC1)c1ccccc1. The van der Waals surface area contributed by atoms with Crippen LogP contribution < -0.4 is 0 Å². The molecule has 0 bridgehead atoms. The summed E-state index contributed by atoms with van der Waals surface area (Å²) in [6.45, 7) is 5.64. The number of likely N-dealkylation sites (tertiary alicyclic amines) is 1. The lowest BCUT2D eigenvalue weighted by atomic mass is 9.86. The van der Waals surface area contributed by atoms with E-state index < -0.39 is 0 Å². The molecule has 1 fully saturated rings. The molecule has 1 aliphatic heterocycles. The van der Waals surface area contributed by atoms with Gasteiger partial charge in [0.15, 0.2) is 0 Å². The number of amides is 1. The first kappa shape index (κ1) is 18.7. The minimum atomic E-state index is -0.246. The maximum absolute atomic E-state index is 13.7. The first-order chi connectivity index (χ1) is 13.5. The third kappa shape index (κ3) is 3.53. The highest BCUT2D eigenvalue weighted by Gasteiger charge is 2.31. The standard InChI is InChI=1S/C23H26FN3O/c1-16(2)22(17-6-4-3-5-7-17)23(28)26-12-10-19(11-13-26)27-15-25-20-9-8-18(24)14-21(20)27/h3-9,14-16,19,22H,10-13H2,1-2H3/t22-/m1/s1. The lowest BCUT2D eigenvalue weighted by molar-refractivity contribution is -0.135. The second-order valence-corrected chi connectivity index (χ2v) is 7.97. The first-order valence-corrected chi connectivity index (χ1v) is 10.0. The molecule has 0 aliphatic carbocycles. The first-order valence-electron chi connectivity index (χ1n) is 10.0. The molecule has 0 unspecified atom stereocenters. The van der Waals surface area contributed by atoms with Crippen molar-refractivity contribution in [2.45, 2.75) is 38.6 Å². The fraction of sp³-hybridized carbons (Fsp3) is 0.391. The van der Waals surface area contributed by atoms with Gasteiger partial charge in [0.05, 0.1) is 23.3 Å². The molecule has 1 saturated heterocycles. The molecule has 1 aromatic heterocycles. The predicted molar refractivity (Wildman–Crippen MR) is 109 cm³/mol. The number of nitrogens with zero attached hydrogens (tertiary/aromatic N) is 3. The third-order valence-electron chi connectivity index (χ3n) is 5.80. The number of rotatable bonds is 4. The van der Waals surface area contributed by atoms with Crippen molar-refractivity contribution in [2.24, 2.45) is 5.92 Å². The highest BCUT2D eigenvalue weighted by atomic mass is 19.1. The van der Waals surface area contributed by atoms with E-state index in [4.69, 9.17) is 0 Å². The molecule has 0 radical (unpaired) electrons. The van der Waals surface area contributed by atoms with Crippen LogP contribution in [0.1, 0.15) is 44.2 Å². The Morgan fingerprint density at radius 2 is 1.82 bits per heavy atom. The van der Waals surface area contributed by atoms with Gasteiger partial charge in [0.25, 0.3) is 0 Å². The van der Waals surface area contributed by atoms with Crippen molar-refractivity contribution in [2.75, 3.05) is 13.1 Å². The Bertz CT molecular complexity index is 958. The van der Waals surface area contributed by atoms with Crippen LogP contribution in [0, 0.1) is 11.7 Å². The second-order valence-electron chi connectivity index (χ2n) is 7.97. The van der Waals surface area contributed by atoms with Crippen molar-refractivity contribution in [3.05, 3.63) is 66.2 Å². The van der Waals surface area contributed by atoms with Crippen LogP contribution in [0.5, 0.6) is 0 Å². The number of hydrogen-bond acceptors (Lipinski definition) is 2. The monoisotopic (exact) mass is 379 g/mol. The summed E-state index contributed by atoms with van der Waals surface area (Å²) in [5.41, 5.74) is 2.72. The van der Waals surface area contributed by atoms with Gasteiger partial charge in [-0.1, -0.05) is 44.2 Å². The molecule has 1 atom stereocenters. The van der Waals surface area contributed by atoms with E-state index in [1.807, 2.05) is 35.2 Å². The van der Waals surface area contributed by atoms with E-state index in [9.17, 15) is 9.18 Å². The fourth-order valence-corrected chi connectivity index (χ4v) is 4.32. The zero-order valence-corrected chi connectivity index (χ0v) is 16.4. The number of aromatic nitrogens is 2. The summed E-state index contributed by atoms with van der Waals surface area (Å²) < 4.78 is 15.7. The van der Waals surface area contributed by atoms with Crippen LogP contribution in [-0.4, -0.2) is 33.4 Å². The number of carbonyl (C=O) groups excluding carboxylic acids is 1. The quantitative estimate of drug-likeness (QED) is 0.654. The van der Waals surface area contributed by atoms with E-state index >= 15 is 0 Å². The van der Waals surface area contributed by atoms with Gasteiger partial charge in [0.2, 0.25) is 5.91 Å². The highest BCUT2D eigenvalue weighted by Crippen LogP contribution is 2.31.